The molecule has 2 atom stereocenters. The number of rotatable bonds is 2. The van der Waals surface area contributed by atoms with Gasteiger partial charge >= 0.3 is 0 Å². The summed E-state index contributed by atoms with van der Waals surface area (Å²) >= 11 is 0. The highest BCUT2D eigenvalue weighted by Gasteiger charge is 2.30. The second kappa shape index (κ2) is 4.07. The first-order valence-electron chi connectivity index (χ1n) is 4.67. The number of hydrogen-bond acceptors (Lipinski definition) is 3. The Labute approximate surface area is 79.7 Å². The average molecular weight is 185 g/mol. The SMILES string of the molecule is CN1CCC(C(N)C(=O)N(C)C)C1. The maximum atomic E-state index is 11.5. The Balaban J connectivity index is 2.48. The van der Waals surface area contributed by atoms with E-state index in [1.165, 1.54) is 0 Å². The maximum Gasteiger partial charge on any atom is 0.239 e. The minimum atomic E-state index is -0.319. The van der Waals surface area contributed by atoms with Gasteiger partial charge in [-0.2, -0.15) is 0 Å². The van der Waals surface area contributed by atoms with Crippen LogP contribution in [0.1, 0.15) is 6.42 Å². The third-order valence-electron chi connectivity index (χ3n) is 2.66. The Morgan fingerprint density at radius 2 is 2.23 bits per heavy atom. The minimum Gasteiger partial charge on any atom is -0.347 e. The number of carbonyl (C=O) groups excluding carboxylic acids is 1. The third-order valence-corrected chi connectivity index (χ3v) is 2.66. The molecule has 1 heterocycles. The predicted molar refractivity (Wildman–Crippen MR) is 52.3 cm³/mol. The molecule has 0 aliphatic carbocycles. The minimum absolute atomic E-state index is 0.0419. The molecule has 0 saturated carbocycles. The molecule has 2 N–H and O–H groups in total. The zero-order valence-electron chi connectivity index (χ0n) is 8.66. The van der Waals surface area contributed by atoms with Crippen LogP contribution in [0.3, 0.4) is 0 Å². The summed E-state index contributed by atoms with van der Waals surface area (Å²) in [6.45, 7) is 2.00. The molecule has 1 fully saturated rings. The maximum absolute atomic E-state index is 11.5. The van der Waals surface area contributed by atoms with Gasteiger partial charge in [0.15, 0.2) is 0 Å². The zero-order valence-corrected chi connectivity index (χ0v) is 8.66. The molecular formula is C9H19N3O. The number of likely N-dealkylation sites (tertiary alicyclic amines) is 1. The lowest BCUT2D eigenvalue weighted by Gasteiger charge is -2.21. The number of hydrogen-bond donors (Lipinski definition) is 1. The average Bonchev–Trinajstić information content (AvgIpc) is 2.49. The highest BCUT2D eigenvalue weighted by atomic mass is 16.2. The topological polar surface area (TPSA) is 49.6 Å². The summed E-state index contributed by atoms with van der Waals surface area (Å²) in [4.78, 5) is 15.3. The van der Waals surface area contributed by atoms with Crippen LogP contribution in [0.2, 0.25) is 0 Å². The predicted octanol–water partition coefficient (Wildman–Crippen LogP) is -0.646. The van der Waals surface area contributed by atoms with Crippen LogP contribution in [0.5, 0.6) is 0 Å². The van der Waals surface area contributed by atoms with Crippen LogP contribution in [-0.2, 0) is 4.79 Å². The zero-order chi connectivity index (χ0) is 10.0. The van der Waals surface area contributed by atoms with Crippen molar-refractivity contribution < 1.29 is 4.79 Å². The molecular weight excluding hydrogens is 166 g/mol. The van der Waals surface area contributed by atoms with Crippen molar-refractivity contribution in [3.05, 3.63) is 0 Å². The molecule has 0 bridgehead atoms. The molecule has 1 aliphatic rings. The van der Waals surface area contributed by atoms with E-state index in [-0.39, 0.29) is 11.9 Å². The van der Waals surface area contributed by atoms with Gasteiger partial charge < -0.3 is 15.5 Å². The molecule has 13 heavy (non-hydrogen) atoms. The van der Waals surface area contributed by atoms with Gasteiger partial charge in [0.2, 0.25) is 5.91 Å². The first-order valence-corrected chi connectivity index (χ1v) is 4.67. The van der Waals surface area contributed by atoms with Crippen molar-refractivity contribution in [2.24, 2.45) is 11.7 Å². The third kappa shape index (κ3) is 2.42. The lowest BCUT2D eigenvalue weighted by Crippen LogP contribution is -2.45. The molecule has 76 valence electrons. The van der Waals surface area contributed by atoms with Gasteiger partial charge in [-0.05, 0) is 25.9 Å². The Hall–Kier alpha value is -0.610. The fraction of sp³-hybridized carbons (Fsp3) is 0.889. The van der Waals surface area contributed by atoms with E-state index in [9.17, 15) is 4.79 Å². The van der Waals surface area contributed by atoms with Gasteiger partial charge in [0.1, 0.15) is 0 Å². The van der Waals surface area contributed by atoms with Gasteiger partial charge in [-0.25, -0.2) is 0 Å². The van der Waals surface area contributed by atoms with Crippen LogP contribution in [0.15, 0.2) is 0 Å². The van der Waals surface area contributed by atoms with Crippen LogP contribution < -0.4 is 5.73 Å². The van der Waals surface area contributed by atoms with E-state index in [4.69, 9.17) is 5.73 Å². The van der Waals surface area contributed by atoms with Crippen molar-refractivity contribution in [1.29, 1.82) is 0 Å². The summed E-state index contributed by atoms with van der Waals surface area (Å²) in [5.74, 6) is 0.375. The second-order valence-electron chi connectivity index (χ2n) is 4.07. The van der Waals surface area contributed by atoms with Crippen molar-refractivity contribution in [2.75, 3.05) is 34.2 Å². The second-order valence-corrected chi connectivity index (χ2v) is 4.07. The van der Waals surface area contributed by atoms with Crippen LogP contribution in [0, 0.1) is 5.92 Å². The van der Waals surface area contributed by atoms with Gasteiger partial charge in [-0.1, -0.05) is 0 Å². The van der Waals surface area contributed by atoms with Gasteiger partial charge in [0.05, 0.1) is 6.04 Å². The van der Waals surface area contributed by atoms with E-state index in [1.807, 2.05) is 0 Å². The van der Waals surface area contributed by atoms with E-state index >= 15 is 0 Å². The molecule has 1 aliphatic heterocycles. The lowest BCUT2D eigenvalue weighted by atomic mass is 9.99. The number of nitrogens with two attached hydrogens (primary N) is 1. The monoisotopic (exact) mass is 185 g/mol. The van der Waals surface area contributed by atoms with Crippen molar-refractivity contribution in [2.45, 2.75) is 12.5 Å². The Morgan fingerprint density at radius 1 is 1.62 bits per heavy atom. The molecule has 0 aromatic carbocycles. The molecule has 4 nitrogen and oxygen atoms in total. The van der Waals surface area contributed by atoms with Crippen LogP contribution in [-0.4, -0.2) is 56.0 Å². The van der Waals surface area contributed by atoms with E-state index < -0.39 is 0 Å². The van der Waals surface area contributed by atoms with Gasteiger partial charge in [0, 0.05) is 20.6 Å². The summed E-state index contributed by atoms with van der Waals surface area (Å²) < 4.78 is 0. The standard InChI is InChI=1S/C9H19N3O/c1-11(2)9(13)8(10)7-4-5-12(3)6-7/h7-8H,4-6,10H2,1-3H3. The number of amides is 1. The molecule has 1 rings (SSSR count). The molecule has 0 aromatic heterocycles. The Morgan fingerprint density at radius 3 is 2.62 bits per heavy atom. The molecule has 2 unspecified atom stereocenters. The van der Waals surface area contributed by atoms with Crippen LogP contribution in [0.4, 0.5) is 0 Å². The highest BCUT2D eigenvalue weighted by molar-refractivity contribution is 5.81. The molecule has 1 amide bonds. The first-order chi connectivity index (χ1) is 6.02. The molecule has 0 spiro atoms. The highest BCUT2D eigenvalue weighted by Crippen LogP contribution is 2.17. The molecule has 4 heteroatoms. The van der Waals surface area contributed by atoms with E-state index in [0.717, 1.165) is 19.5 Å². The van der Waals surface area contributed by atoms with E-state index in [1.54, 1.807) is 19.0 Å². The summed E-state index contributed by atoms with van der Waals surface area (Å²) in [6, 6.07) is -0.319. The normalized spacial score (nSPS) is 26.0. The first kappa shape index (κ1) is 10.5. The molecule has 1 saturated heterocycles. The van der Waals surface area contributed by atoms with Gasteiger partial charge in [0.25, 0.3) is 0 Å². The van der Waals surface area contributed by atoms with Crippen LogP contribution in [0.25, 0.3) is 0 Å². The molecule has 0 aromatic rings. The number of likely N-dealkylation sites (N-methyl/N-ethyl adjacent to an activating group) is 1. The summed E-state index contributed by atoms with van der Waals surface area (Å²) in [6.07, 6.45) is 1.04. The Kier molecular flexibility index (Phi) is 3.27. The summed E-state index contributed by atoms with van der Waals surface area (Å²) in [5, 5.41) is 0. The van der Waals surface area contributed by atoms with Gasteiger partial charge in [-0.15, -0.1) is 0 Å². The van der Waals surface area contributed by atoms with Crippen molar-refractivity contribution in [3.63, 3.8) is 0 Å². The fourth-order valence-corrected chi connectivity index (χ4v) is 1.76. The fourth-order valence-electron chi connectivity index (χ4n) is 1.76. The van der Waals surface area contributed by atoms with E-state index in [0.29, 0.717) is 5.92 Å². The van der Waals surface area contributed by atoms with Crippen molar-refractivity contribution >= 4 is 5.91 Å². The lowest BCUT2D eigenvalue weighted by molar-refractivity contribution is -0.131. The quantitative estimate of drug-likeness (QED) is 0.622. The number of nitrogens with zero attached hydrogens (tertiary/aromatic N) is 2. The Bertz CT molecular complexity index is 193. The van der Waals surface area contributed by atoms with Crippen LogP contribution >= 0.6 is 0 Å². The van der Waals surface area contributed by atoms with E-state index in [2.05, 4.69) is 11.9 Å². The number of carbonyl (C=O) groups is 1. The van der Waals surface area contributed by atoms with Gasteiger partial charge in [-0.3, -0.25) is 4.79 Å². The summed E-state index contributed by atoms with van der Waals surface area (Å²) in [7, 11) is 5.56. The molecule has 0 radical (unpaired) electrons. The summed E-state index contributed by atoms with van der Waals surface area (Å²) in [5.41, 5.74) is 5.87. The largest absolute Gasteiger partial charge is 0.347 e. The smallest absolute Gasteiger partial charge is 0.239 e. The van der Waals surface area contributed by atoms with Crippen molar-refractivity contribution in [3.8, 4) is 0 Å². The van der Waals surface area contributed by atoms with Crippen molar-refractivity contribution in [1.82, 2.24) is 9.80 Å².